The molecule has 0 heterocycles. The lowest BCUT2D eigenvalue weighted by Gasteiger charge is -2.08. The Morgan fingerprint density at radius 2 is 1.34 bits per heavy atom. The van der Waals surface area contributed by atoms with Crippen molar-refractivity contribution in [1.29, 1.82) is 0 Å². The van der Waals surface area contributed by atoms with E-state index in [4.69, 9.17) is 9.47 Å². The Morgan fingerprint density at radius 3 is 2.00 bits per heavy atom. The highest BCUT2D eigenvalue weighted by atomic mass is 79.9. The van der Waals surface area contributed by atoms with E-state index >= 15 is 0 Å². The summed E-state index contributed by atoms with van der Waals surface area (Å²) in [4.78, 5) is 23.6. The summed E-state index contributed by atoms with van der Waals surface area (Å²) in [6.45, 7) is 0. The second kappa shape index (κ2) is 10.1. The third-order valence-electron chi connectivity index (χ3n) is 5.48. The van der Waals surface area contributed by atoms with Crippen molar-refractivity contribution in [2.75, 3.05) is 14.2 Å². The van der Waals surface area contributed by atoms with Crippen molar-refractivity contribution in [2.45, 2.75) is 49.8 Å². The molecule has 154 valence electrons. The molecule has 0 spiro atoms. The molecule has 2 aromatic carbocycles. The van der Waals surface area contributed by atoms with E-state index in [1.165, 1.54) is 0 Å². The minimum absolute atomic E-state index is 0.0212. The highest BCUT2D eigenvalue weighted by Crippen LogP contribution is 2.28. The number of benzene rings is 2. The topological polar surface area (TPSA) is 52.6 Å². The number of hydrogen-bond donors (Lipinski definition) is 0. The molecule has 0 saturated heterocycles. The molecule has 0 bridgehead atoms. The molecular weight excluding hydrogens is 432 g/mol. The Morgan fingerprint density at radius 1 is 0.793 bits per heavy atom. The molecule has 0 aromatic heterocycles. The molecule has 2 aliphatic carbocycles. The van der Waals surface area contributed by atoms with E-state index in [2.05, 4.69) is 15.9 Å². The summed E-state index contributed by atoms with van der Waals surface area (Å²) in [5, 5.41) is 0. The standard InChI is InChI=1S/C12H13BrO2.C12H14O2/c1-15-9-5-6-10-8(7-9)3-2-4-11(13)12(10)14;1-14-10-6-7-11-9(8-10)4-2-3-5-12(11)13/h5-7,11H,2-4H2,1H3;6-8H,2-5H2,1H3. The van der Waals surface area contributed by atoms with E-state index in [0.29, 0.717) is 6.42 Å². The van der Waals surface area contributed by atoms with Crippen LogP contribution in [-0.2, 0) is 12.8 Å². The predicted molar refractivity (Wildman–Crippen MR) is 118 cm³/mol. The monoisotopic (exact) mass is 458 g/mol. The van der Waals surface area contributed by atoms with Crippen LogP contribution >= 0.6 is 15.9 Å². The van der Waals surface area contributed by atoms with Crippen LogP contribution in [-0.4, -0.2) is 30.6 Å². The zero-order chi connectivity index (χ0) is 20.8. The van der Waals surface area contributed by atoms with Gasteiger partial charge in [-0.25, -0.2) is 0 Å². The lowest BCUT2D eigenvalue weighted by Crippen LogP contribution is -2.12. The van der Waals surface area contributed by atoms with Crippen LogP contribution in [0.5, 0.6) is 11.5 Å². The van der Waals surface area contributed by atoms with Crippen LogP contribution < -0.4 is 9.47 Å². The van der Waals surface area contributed by atoms with E-state index < -0.39 is 0 Å². The molecule has 29 heavy (non-hydrogen) atoms. The summed E-state index contributed by atoms with van der Waals surface area (Å²) in [5.41, 5.74) is 3.99. The normalized spacial score (nSPS) is 18.4. The fourth-order valence-electron chi connectivity index (χ4n) is 3.83. The largest absolute Gasteiger partial charge is 0.497 e. The number of ether oxygens (including phenoxy) is 2. The summed E-state index contributed by atoms with van der Waals surface area (Å²) in [7, 11) is 3.30. The van der Waals surface area contributed by atoms with E-state index in [0.717, 1.165) is 72.3 Å². The fourth-order valence-corrected chi connectivity index (χ4v) is 4.40. The van der Waals surface area contributed by atoms with Gasteiger partial charge in [-0.2, -0.15) is 0 Å². The van der Waals surface area contributed by atoms with Gasteiger partial charge in [0, 0.05) is 17.5 Å². The Hall–Kier alpha value is -2.14. The number of carbonyl (C=O) groups is 2. The van der Waals surface area contributed by atoms with Gasteiger partial charge in [0.05, 0.1) is 19.0 Å². The Kier molecular flexibility index (Phi) is 7.48. The van der Waals surface area contributed by atoms with Crippen molar-refractivity contribution in [3.63, 3.8) is 0 Å². The minimum atomic E-state index is -0.0212. The van der Waals surface area contributed by atoms with Gasteiger partial charge in [0.1, 0.15) is 11.5 Å². The number of Topliss-reactive ketones (excluding diaryl/α,β-unsaturated/α-hetero) is 2. The summed E-state index contributed by atoms with van der Waals surface area (Å²) in [5.74, 6) is 2.15. The number of methoxy groups -OCH3 is 2. The first-order chi connectivity index (χ1) is 14.0. The number of aryl methyl sites for hydroxylation is 2. The third kappa shape index (κ3) is 5.27. The van der Waals surface area contributed by atoms with Gasteiger partial charge in [-0.15, -0.1) is 0 Å². The first-order valence-electron chi connectivity index (χ1n) is 10.1. The molecule has 0 fully saturated rings. The average Bonchev–Trinajstić information content (AvgIpc) is 3.02. The molecule has 2 aromatic rings. The van der Waals surface area contributed by atoms with Gasteiger partial charge in [-0.1, -0.05) is 15.9 Å². The Labute approximate surface area is 180 Å². The van der Waals surface area contributed by atoms with Crippen LogP contribution in [0.2, 0.25) is 0 Å². The second-order valence-electron chi connectivity index (χ2n) is 7.40. The second-order valence-corrected chi connectivity index (χ2v) is 8.51. The van der Waals surface area contributed by atoms with Crippen LogP contribution in [0.15, 0.2) is 36.4 Å². The molecule has 4 nitrogen and oxygen atoms in total. The van der Waals surface area contributed by atoms with Gasteiger partial charge >= 0.3 is 0 Å². The molecule has 1 unspecified atom stereocenters. The van der Waals surface area contributed by atoms with Gasteiger partial charge in [-0.3, -0.25) is 9.59 Å². The van der Waals surface area contributed by atoms with Crippen molar-refractivity contribution in [3.05, 3.63) is 58.7 Å². The van der Waals surface area contributed by atoms with Gasteiger partial charge in [0.15, 0.2) is 11.6 Å². The summed E-state index contributed by atoms with van der Waals surface area (Å²) >= 11 is 3.43. The first kappa shape index (κ1) is 21.6. The van der Waals surface area contributed by atoms with Crippen LogP contribution in [0.1, 0.15) is 63.9 Å². The molecule has 2 aliphatic rings. The maximum Gasteiger partial charge on any atom is 0.176 e. The molecule has 0 aliphatic heterocycles. The van der Waals surface area contributed by atoms with E-state index in [1.807, 2.05) is 36.4 Å². The molecule has 0 saturated carbocycles. The lowest BCUT2D eigenvalue weighted by atomic mass is 10.0. The number of carbonyl (C=O) groups excluding carboxylic acids is 2. The van der Waals surface area contributed by atoms with E-state index in [9.17, 15) is 9.59 Å². The van der Waals surface area contributed by atoms with Crippen molar-refractivity contribution in [1.82, 2.24) is 0 Å². The maximum atomic E-state index is 11.9. The van der Waals surface area contributed by atoms with Crippen LogP contribution in [0.3, 0.4) is 0 Å². The van der Waals surface area contributed by atoms with E-state index in [-0.39, 0.29) is 16.4 Å². The zero-order valence-electron chi connectivity index (χ0n) is 17.0. The van der Waals surface area contributed by atoms with Crippen molar-refractivity contribution in [3.8, 4) is 11.5 Å². The summed E-state index contributed by atoms with van der Waals surface area (Å²) in [6, 6.07) is 11.4. The van der Waals surface area contributed by atoms with Crippen molar-refractivity contribution >= 4 is 27.5 Å². The number of rotatable bonds is 2. The first-order valence-corrected chi connectivity index (χ1v) is 11.0. The Bertz CT molecular complexity index is 890. The minimum Gasteiger partial charge on any atom is -0.497 e. The summed E-state index contributed by atoms with van der Waals surface area (Å²) in [6.07, 6.45) is 6.72. The fraction of sp³-hybridized carbons (Fsp3) is 0.417. The number of alkyl halides is 1. The average molecular weight is 459 g/mol. The highest BCUT2D eigenvalue weighted by molar-refractivity contribution is 9.10. The summed E-state index contributed by atoms with van der Waals surface area (Å²) < 4.78 is 10.3. The van der Waals surface area contributed by atoms with Crippen LogP contribution in [0, 0.1) is 0 Å². The van der Waals surface area contributed by atoms with Crippen molar-refractivity contribution in [2.24, 2.45) is 0 Å². The number of fused-ring (bicyclic) bond motifs is 2. The molecule has 5 heteroatoms. The third-order valence-corrected chi connectivity index (χ3v) is 6.35. The lowest BCUT2D eigenvalue weighted by molar-refractivity contribution is 0.0977. The number of hydrogen-bond acceptors (Lipinski definition) is 4. The zero-order valence-corrected chi connectivity index (χ0v) is 18.6. The molecular formula is C24H27BrO4. The quantitative estimate of drug-likeness (QED) is 0.435. The van der Waals surface area contributed by atoms with Gasteiger partial charge in [0.2, 0.25) is 0 Å². The van der Waals surface area contributed by atoms with Gasteiger partial charge in [0.25, 0.3) is 0 Å². The van der Waals surface area contributed by atoms with Crippen LogP contribution in [0.4, 0.5) is 0 Å². The Balaban J connectivity index is 0.000000166. The number of ketones is 2. The molecule has 0 amide bonds. The van der Waals surface area contributed by atoms with E-state index in [1.54, 1.807) is 14.2 Å². The van der Waals surface area contributed by atoms with Gasteiger partial charge in [-0.05, 0) is 86.1 Å². The van der Waals surface area contributed by atoms with Crippen molar-refractivity contribution < 1.29 is 19.1 Å². The van der Waals surface area contributed by atoms with Gasteiger partial charge < -0.3 is 9.47 Å². The smallest absolute Gasteiger partial charge is 0.176 e. The molecule has 4 rings (SSSR count). The molecule has 0 radical (unpaired) electrons. The highest BCUT2D eigenvalue weighted by Gasteiger charge is 2.23. The molecule has 0 N–H and O–H groups in total. The van der Waals surface area contributed by atoms with Crippen LogP contribution in [0.25, 0.3) is 0 Å². The maximum absolute atomic E-state index is 11.9. The predicted octanol–water partition coefficient (Wildman–Crippen LogP) is 5.58. The number of halogens is 1. The molecule has 1 atom stereocenters. The SMILES string of the molecule is COc1ccc2c(c1)CCCC(Br)C2=O.COc1ccc2c(c1)CCCCC2=O.